The fraction of sp³-hybridized carbons (Fsp3) is 0.786. The van der Waals surface area contributed by atoms with Crippen molar-refractivity contribution in [2.24, 2.45) is 0 Å². The Kier molecular flexibility index (Phi) is 5.54. The molecule has 0 spiro atoms. The summed E-state index contributed by atoms with van der Waals surface area (Å²) >= 11 is 3.92. The van der Waals surface area contributed by atoms with Crippen molar-refractivity contribution in [3.63, 3.8) is 0 Å². The predicted octanol–water partition coefficient (Wildman–Crippen LogP) is 3.15. The number of thioether (sulfide) groups is 1. The van der Waals surface area contributed by atoms with Gasteiger partial charge in [0.05, 0.1) is 5.69 Å². The fourth-order valence-corrected chi connectivity index (χ4v) is 4.62. The number of rotatable bonds is 6. The summed E-state index contributed by atoms with van der Waals surface area (Å²) in [5.74, 6) is 2.54. The zero-order valence-corrected chi connectivity index (χ0v) is 14.0. The van der Waals surface area contributed by atoms with Gasteiger partial charge in [0.2, 0.25) is 0 Å². The third-order valence-corrected chi connectivity index (χ3v) is 5.86. The van der Waals surface area contributed by atoms with E-state index in [-0.39, 0.29) is 0 Å². The quantitative estimate of drug-likeness (QED) is 0.873. The summed E-state index contributed by atoms with van der Waals surface area (Å²) in [4.78, 5) is 8.64. The second kappa shape index (κ2) is 6.95. The summed E-state index contributed by atoms with van der Waals surface area (Å²) in [7, 11) is 2.20. The molecule has 1 aromatic heterocycles. The molecule has 0 amide bonds. The Balaban J connectivity index is 2.08. The number of nitrogens with one attached hydrogen (secondary N) is 1. The van der Waals surface area contributed by atoms with Gasteiger partial charge >= 0.3 is 0 Å². The van der Waals surface area contributed by atoms with Gasteiger partial charge in [0.1, 0.15) is 0 Å². The Morgan fingerprint density at radius 3 is 2.84 bits per heavy atom. The van der Waals surface area contributed by atoms with Crippen LogP contribution in [0.15, 0.2) is 0 Å². The van der Waals surface area contributed by atoms with Crippen LogP contribution in [0.2, 0.25) is 0 Å². The molecule has 5 heteroatoms. The van der Waals surface area contributed by atoms with Gasteiger partial charge in [0.25, 0.3) is 0 Å². The molecule has 2 heterocycles. The lowest BCUT2D eigenvalue weighted by molar-refractivity contribution is 0.590. The number of hydrogen-bond acceptors (Lipinski definition) is 5. The number of hydrogen-bond donors (Lipinski definition) is 1. The number of aromatic nitrogens is 1. The summed E-state index contributed by atoms with van der Waals surface area (Å²) in [6.45, 7) is 7.53. The van der Waals surface area contributed by atoms with Crippen molar-refractivity contribution in [2.45, 2.75) is 52.2 Å². The molecule has 0 aliphatic carbocycles. The number of nitrogens with zero attached hydrogens (tertiary/aromatic N) is 2. The van der Waals surface area contributed by atoms with Crippen molar-refractivity contribution < 1.29 is 0 Å². The molecule has 19 heavy (non-hydrogen) atoms. The van der Waals surface area contributed by atoms with Crippen molar-refractivity contribution in [3.05, 3.63) is 10.6 Å². The van der Waals surface area contributed by atoms with E-state index >= 15 is 0 Å². The summed E-state index contributed by atoms with van der Waals surface area (Å²) in [6, 6.07) is 1.20. The molecule has 0 radical (unpaired) electrons. The maximum absolute atomic E-state index is 4.85. The zero-order chi connectivity index (χ0) is 13.8. The van der Waals surface area contributed by atoms with E-state index in [1.165, 1.54) is 33.6 Å². The zero-order valence-electron chi connectivity index (χ0n) is 12.4. The van der Waals surface area contributed by atoms with Gasteiger partial charge in [-0.05, 0) is 18.6 Å². The van der Waals surface area contributed by atoms with E-state index in [2.05, 4.69) is 49.8 Å². The van der Waals surface area contributed by atoms with Crippen molar-refractivity contribution in [1.29, 1.82) is 0 Å². The Hall–Kier alpha value is -0.260. The molecule has 1 saturated heterocycles. The standard InChI is InChI=1S/C14H25N3S2/c1-5-12-13(8-15-10(2)3)19-14(16-12)17(4)11-6-7-18-9-11/h10-11,15H,5-9H2,1-4H3. The first kappa shape index (κ1) is 15.1. The highest BCUT2D eigenvalue weighted by atomic mass is 32.2. The molecule has 0 aromatic carbocycles. The highest BCUT2D eigenvalue weighted by Crippen LogP contribution is 2.31. The van der Waals surface area contributed by atoms with Crippen LogP contribution in [-0.2, 0) is 13.0 Å². The number of thiazole rings is 1. The van der Waals surface area contributed by atoms with E-state index in [4.69, 9.17) is 4.98 Å². The van der Waals surface area contributed by atoms with Gasteiger partial charge in [-0.25, -0.2) is 4.98 Å². The SMILES string of the molecule is CCc1nc(N(C)C2CCSC2)sc1CNC(C)C. The first-order chi connectivity index (χ1) is 9.11. The van der Waals surface area contributed by atoms with Crippen LogP contribution in [0, 0.1) is 0 Å². The van der Waals surface area contributed by atoms with Gasteiger partial charge in [-0.15, -0.1) is 11.3 Å². The summed E-state index contributed by atoms with van der Waals surface area (Å²) in [5.41, 5.74) is 1.27. The maximum atomic E-state index is 4.85. The molecular weight excluding hydrogens is 274 g/mol. The molecule has 2 rings (SSSR count). The van der Waals surface area contributed by atoms with Gasteiger partial charge in [-0.2, -0.15) is 11.8 Å². The van der Waals surface area contributed by atoms with E-state index in [9.17, 15) is 0 Å². The Morgan fingerprint density at radius 2 is 2.26 bits per heavy atom. The van der Waals surface area contributed by atoms with Crippen LogP contribution in [0.5, 0.6) is 0 Å². The molecule has 1 unspecified atom stereocenters. The molecule has 0 saturated carbocycles. The molecular formula is C14H25N3S2. The summed E-state index contributed by atoms with van der Waals surface area (Å²) in [6.07, 6.45) is 2.32. The van der Waals surface area contributed by atoms with Gasteiger partial charge < -0.3 is 10.2 Å². The van der Waals surface area contributed by atoms with Crippen LogP contribution in [0.25, 0.3) is 0 Å². The third kappa shape index (κ3) is 3.86. The smallest absolute Gasteiger partial charge is 0.185 e. The lowest BCUT2D eigenvalue weighted by Gasteiger charge is -2.22. The second-order valence-corrected chi connectivity index (χ2v) is 7.60. The van der Waals surface area contributed by atoms with E-state index in [1.54, 1.807) is 0 Å². The number of anilines is 1. The first-order valence-corrected chi connectivity index (χ1v) is 9.11. The maximum Gasteiger partial charge on any atom is 0.185 e. The summed E-state index contributed by atoms with van der Waals surface area (Å²) in [5, 5.41) is 4.71. The minimum Gasteiger partial charge on any atom is -0.347 e. The highest BCUT2D eigenvalue weighted by Gasteiger charge is 2.23. The minimum absolute atomic E-state index is 0.527. The van der Waals surface area contributed by atoms with E-state index in [1.807, 2.05) is 11.3 Å². The van der Waals surface area contributed by atoms with Gasteiger partial charge in [0, 0.05) is 36.3 Å². The average Bonchev–Trinajstić information content (AvgIpc) is 3.04. The largest absolute Gasteiger partial charge is 0.347 e. The van der Waals surface area contributed by atoms with Gasteiger partial charge in [0.15, 0.2) is 5.13 Å². The van der Waals surface area contributed by atoms with E-state index < -0.39 is 0 Å². The molecule has 0 bridgehead atoms. The lowest BCUT2D eigenvalue weighted by Crippen LogP contribution is -2.31. The Morgan fingerprint density at radius 1 is 1.47 bits per heavy atom. The molecule has 1 aromatic rings. The first-order valence-electron chi connectivity index (χ1n) is 7.14. The van der Waals surface area contributed by atoms with Crippen molar-refractivity contribution >= 4 is 28.2 Å². The molecule has 3 nitrogen and oxygen atoms in total. The van der Waals surface area contributed by atoms with Crippen LogP contribution in [0.1, 0.15) is 37.8 Å². The van der Waals surface area contributed by atoms with Gasteiger partial charge in [-0.1, -0.05) is 20.8 Å². The van der Waals surface area contributed by atoms with Crippen LogP contribution in [0.3, 0.4) is 0 Å². The Labute approximate surface area is 125 Å². The van der Waals surface area contributed by atoms with Crippen LogP contribution >= 0.6 is 23.1 Å². The molecule has 1 atom stereocenters. The van der Waals surface area contributed by atoms with Crippen molar-refractivity contribution in [2.75, 3.05) is 23.5 Å². The second-order valence-electron chi connectivity index (χ2n) is 5.38. The van der Waals surface area contributed by atoms with E-state index in [0.29, 0.717) is 12.1 Å². The fourth-order valence-electron chi connectivity index (χ4n) is 2.22. The molecule has 1 N–H and O–H groups in total. The van der Waals surface area contributed by atoms with Gasteiger partial charge in [-0.3, -0.25) is 0 Å². The van der Waals surface area contributed by atoms with Crippen LogP contribution in [-0.4, -0.2) is 35.6 Å². The molecule has 1 aliphatic rings. The summed E-state index contributed by atoms with van der Waals surface area (Å²) < 4.78 is 0. The molecule has 1 aliphatic heterocycles. The normalized spacial score (nSPS) is 19.3. The predicted molar refractivity (Wildman–Crippen MR) is 87.6 cm³/mol. The van der Waals surface area contributed by atoms with Crippen LogP contribution in [0.4, 0.5) is 5.13 Å². The van der Waals surface area contributed by atoms with Crippen molar-refractivity contribution in [1.82, 2.24) is 10.3 Å². The third-order valence-electron chi connectivity index (χ3n) is 3.53. The Bertz CT molecular complexity index is 397. The molecule has 108 valence electrons. The monoisotopic (exact) mass is 299 g/mol. The molecule has 1 fully saturated rings. The topological polar surface area (TPSA) is 28.2 Å². The number of aryl methyl sites for hydroxylation is 1. The lowest BCUT2D eigenvalue weighted by atomic mass is 10.2. The average molecular weight is 300 g/mol. The van der Waals surface area contributed by atoms with E-state index in [0.717, 1.165) is 13.0 Å². The highest BCUT2D eigenvalue weighted by molar-refractivity contribution is 7.99. The van der Waals surface area contributed by atoms with Crippen LogP contribution < -0.4 is 10.2 Å². The minimum atomic E-state index is 0.527. The van der Waals surface area contributed by atoms with Crippen molar-refractivity contribution in [3.8, 4) is 0 Å².